The highest BCUT2D eigenvalue weighted by atomic mass is 35.5. The summed E-state index contributed by atoms with van der Waals surface area (Å²) in [7, 11) is 0. The Morgan fingerprint density at radius 3 is 2.65 bits per heavy atom. The summed E-state index contributed by atoms with van der Waals surface area (Å²) in [5.74, 6) is -0.674. The third kappa shape index (κ3) is 3.08. The third-order valence-corrected chi connectivity index (χ3v) is 3.45. The molecule has 20 heavy (non-hydrogen) atoms. The van der Waals surface area contributed by atoms with Crippen LogP contribution in [0.5, 0.6) is 0 Å². The number of aromatic nitrogens is 1. The van der Waals surface area contributed by atoms with Gasteiger partial charge in [0.25, 0.3) is 0 Å². The molecule has 0 bridgehead atoms. The number of benzene rings is 1. The first-order valence-electron chi connectivity index (χ1n) is 6.32. The SMILES string of the molecule is CCc1ccccc1CNc1nccc(C(=O)O)c1Cl. The molecule has 0 aliphatic carbocycles. The Balaban J connectivity index is 2.19. The summed E-state index contributed by atoms with van der Waals surface area (Å²) in [5.41, 5.74) is 2.44. The van der Waals surface area contributed by atoms with Gasteiger partial charge in [-0.1, -0.05) is 42.8 Å². The molecule has 0 aliphatic heterocycles. The van der Waals surface area contributed by atoms with Crippen molar-refractivity contribution in [3.8, 4) is 0 Å². The molecule has 2 aromatic rings. The summed E-state index contributed by atoms with van der Waals surface area (Å²) in [6.45, 7) is 2.65. The number of nitrogens with one attached hydrogen (secondary N) is 1. The molecule has 2 N–H and O–H groups in total. The number of rotatable bonds is 5. The van der Waals surface area contributed by atoms with Crippen molar-refractivity contribution in [2.24, 2.45) is 0 Å². The van der Waals surface area contributed by atoms with Gasteiger partial charge < -0.3 is 10.4 Å². The van der Waals surface area contributed by atoms with Crippen LogP contribution in [-0.2, 0) is 13.0 Å². The zero-order valence-electron chi connectivity index (χ0n) is 11.1. The number of hydrogen-bond donors (Lipinski definition) is 2. The Bertz CT molecular complexity index is 629. The topological polar surface area (TPSA) is 62.2 Å². The number of carboxylic acid groups (broad SMARTS) is 1. The fourth-order valence-electron chi connectivity index (χ4n) is 1.99. The molecule has 0 spiro atoms. The Labute approximate surface area is 122 Å². The summed E-state index contributed by atoms with van der Waals surface area (Å²) in [6, 6.07) is 9.45. The van der Waals surface area contributed by atoms with Gasteiger partial charge in [0.1, 0.15) is 5.82 Å². The van der Waals surface area contributed by atoms with Gasteiger partial charge in [-0.05, 0) is 23.6 Å². The van der Waals surface area contributed by atoms with E-state index < -0.39 is 5.97 Å². The smallest absolute Gasteiger partial charge is 0.337 e. The average Bonchev–Trinajstić information content (AvgIpc) is 2.46. The van der Waals surface area contributed by atoms with Gasteiger partial charge in [0, 0.05) is 12.7 Å². The van der Waals surface area contributed by atoms with Crippen LogP contribution in [0.4, 0.5) is 5.82 Å². The van der Waals surface area contributed by atoms with E-state index in [-0.39, 0.29) is 10.6 Å². The maximum Gasteiger partial charge on any atom is 0.337 e. The van der Waals surface area contributed by atoms with E-state index in [0.29, 0.717) is 12.4 Å². The van der Waals surface area contributed by atoms with E-state index in [0.717, 1.165) is 12.0 Å². The van der Waals surface area contributed by atoms with E-state index in [9.17, 15) is 4.79 Å². The van der Waals surface area contributed by atoms with Crippen LogP contribution in [0.1, 0.15) is 28.4 Å². The van der Waals surface area contributed by atoms with E-state index in [1.54, 1.807) is 0 Å². The van der Waals surface area contributed by atoms with Crippen molar-refractivity contribution in [2.75, 3.05) is 5.32 Å². The first-order valence-corrected chi connectivity index (χ1v) is 6.69. The monoisotopic (exact) mass is 290 g/mol. The zero-order chi connectivity index (χ0) is 14.5. The third-order valence-electron chi connectivity index (χ3n) is 3.07. The maximum atomic E-state index is 11.0. The van der Waals surface area contributed by atoms with Crippen molar-refractivity contribution in [3.05, 3.63) is 58.2 Å². The zero-order valence-corrected chi connectivity index (χ0v) is 11.8. The standard InChI is InChI=1S/C15H15ClN2O2/c1-2-10-5-3-4-6-11(10)9-18-14-13(16)12(15(19)20)7-8-17-14/h3-8H,2,9H2,1H3,(H,17,18)(H,19,20). The highest BCUT2D eigenvalue weighted by molar-refractivity contribution is 6.35. The van der Waals surface area contributed by atoms with E-state index in [2.05, 4.69) is 23.3 Å². The fraction of sp³-hybridized carbons (Fsp3) is 0.200. The molecule has 1 aromatic heterocycles. The van der Waals surface area contributed by atoms with Gasteiger partial charge in [0.05, 0.1) is 10.6 Å². The first-order chi connectivity index (χ1) is 9.63. The van der Waals surface area contributed by atoms with Crippen LogP contribution in [0.15, 0.2) is 36.5 Å². The second kappa shape index (κ2) is 6.39. The number of aromatic carboxylic acids is 1. The van der Waals surface area contributed by atoms with Crippen LogP contribution >= 0.6 is 11.6 Å². The molecule has 0 saturated carbocycles. The van der Waals surface area contributed by atoms with Crippen LogP contribution in [-0.4, -0.2) is 16.1 Å². The van der Waals surface area contributed by atoms with Crippen LogP contribution in [0.2, 0.25) is 5.02 Å². The molecule has 0 radical (unpaired) electrons. The second-order valence-corrected chi connectivity index (χ2v) is 4.68. The molecule has 0 aliphatic rings. The maximum absolute atomic E-state index is 11.0. The predicted octanol–water partition coefficient (Wildman–Crippen LogP) is 3.61. The molecule has 0 unspecified atom stereocenters. The van der Waals surface area contributed by atoms with E-state index >= 15 is 0 Å². The second-order valence-electron chi connectivity index (χ2n) is 4.30. The van der Waals surface area contributed by atoms with E-state index in [1.165, 1.54) is 17.8 Å². The van der Waals surface area contributed by atoms with Crippen LogP contribution in [0.3, 0.4) is 0 Å². The number of nitrogens with zero attached hydrogens (tertiary/aromatic N) is 1. The molecule has 104 valence electrons. The minimum absolute atomic E-state index is 0.0490. The molecular weight excluding hydrogens is 276 g/mol. The number of carbonyl (C=O) groups is 1. The minimum Gasteiger partial charge on any atom is -0.478 e. The number of pyridine rings is 1. The number of hydrogen-bond acceptors (Lipinski definition) is 3. The molecule has 2 rings (SSSR count). The Morgan fingerprint density at radius 1 is 1.30 bits per heavy atom. The average molecular weight is 291 g/mol. The van der Waals surface area contributed by atoms with E-state index in [4.69, 9.17) is 16.7 Å². The predicted molar refractivity (Wildman–Crippen MR) is 79.4 cm³/mol. The molecule has 0 atom stereocenters. The summed E-state index contributed by atoms with van der Waals surface area (Å²) in [4.78, 5) is 15.1. The summed E-state index contributed by atoms with van der Waals surface area (Å²) < 4.78 is 0. The number of anilines is 1. The van der Waals surface area contributed by atoms with Crippen LogP contribution in [0, 0.1) is 0 Å². The molecule has 5 heteroatoms. The molecule has 1 heterocycles. The lowest BCUT2D eigenvalue weighted by Gasteiger charge is -2.11. The Morgan fingerprint density at radius 2 is 2.00 bits per heavy atom. The molecule has 0 fully saturated rings. The summed E-state index contributed by atoms with van der Waals surface area (Å²) in [6.07, 6.45) is 2.37. The highest BCUT2D eigenvalue weighted by Crippen LogP contribution is 2.24. The highest BCUT2D eigenvalue weighted by Gasteiger charge is 2.13. The van der Waals surface area contributed by atoms with Crippen molar-refractivity contribution in [1.82, 2.24) is 4.98 Å². The van der Waals surface area contributed by atoms with E-state index in [1.807, 2.05) is 18.2 Å². The van der Waals surface area contributed by atoms with Gasteiger partial charge in [-0.25, -0.2) is 9.78 Å². The number of carboxylic acids is 1. The van der Waals surface area contributed by atoms with Crippen LogP contribution in [0.25, 0.3) is 0 Å². The summed E-state index contributed by atoms with van der Waals surface area (Å²) in [5, 5.41) is 12.2. The van der Waals surface area contributed by atoms with Crippen LogP contribution < -0.4 is 5.32 Å². The van der Waals surface area contributed by atoms with Crippen molar-refractivity contribution in [3.63, 3.8) is 0 Å². The van der Waals surface area contributed by atoms with Crippen molar-refractivity contribution >= 4 is 23.4 Å². The van der Waals surface area contributed by atoms with Gasteiger partial charge in [0.15, 0.2) is 0 Å². The molecule has 1 aromatic carbocycles. The lowest BCUT2D eigenvalue weighted by Crippen LogP contribution is -2.07. The van der Waals surface area contributed by atoms with Crippen molar-refractivity contribution < 1.29 is 9.90 Å². The Hall–Kier alpha value is -2.07. The van der Waals surface area contributed by atoms with Gasteiger partial charge in [-0.15, -0.1) is 0 Å². The first kappa shape index (κ1) is 14.3. The van der Waals surface area contributed by atoms with Gasteiger partial charge in [-0.2, -0.15) is 0 Å². The quantitative estimate of drug-likeness (QED) is 0.883. The lowest BCUT2D eigenvalue weighted by atomic mass is 10.1. The number of halogens is 1. The number of aryl methyl sites for hydroxylation is 1. The van der Waals surface area contributed by atoms with Crippen molar-refractivity contribution in [2.45, 2.75) is 19.9 Å². The minimum atomic E-state index is -1.06. The lowest BCUT2D eigenvalue weighted by molar-refractivity contribution is 0.0697. The molecule has 0 amide bonds. The largest absolute Gasteiger partial charge is 0.478 e. The fourth-order valence-corrected chi connectivity index (χ4v) is 2.25. The van der Waals surface area contributed by atoms with Crippen molar-refractivity contribution in [1.29, 1.82) is 0 Å². The molecule has 0 saturated heterocycles. The van der Waals surface area contributed by atoms with Gasteiger partial charge >= 0.3 is 5.97 Å². The van der Waals surface area contributed by atoms with Gasteiger partial charge in [-0.3, -0.25) is 0 Å². The molecular formula is C15H15ClN2O2. The Kier molecular flexibility index (Phi) is 4.58. The summed E-state index contributed by atoms with van der Waals surface area (Å²) >= 11 is 6.04. The molecule has 4 nitrogen and oxygen atoms in total. The van der Waals surface area contributed by atoms with Gasteiger partial charge in [0.2, 0.25) is 0 Å². The normalized spacial score (nSPS) is 10.3.